The Balaban J connectivity index is 1.53. The largest absolute Gasteiger partial charge is 0.493 e. The van der Waals surface area contributed by atoms with E-state index in [0.717, 1.165) is 24.3 Å². The van der Waals surface area contributed by atoms with Gasteiger partial charge in [-0.15, -0.1) is 0 Å². The highest BCUT2D eigenvalue weighted by Gasteiger charge is 2.29. The van der Waals surface area contributed by atoms with Crippen LogP contribution in [0.25, 0.3) is 0 Å². The van der Waals surface area contributed by atoms with Crippen LogP contribution in [0.1, 0.15) is 5.56 Å². The van der Waals surface area contributed by atoms with Gasteiger partial charge in [0.15, 0.2) is 11.5 Å². The molecule has 0 atom stereocenters. The summed E-state index contributed by atoms with van der Waals surface area (Å²) in [6.45, 7) is 2.95. The molecular formula is C24H28N6O5. The van der Waals surface area contributed by atoms with Gasteiger partial charge in [0.25, 0.3) is 0 Å². The van der Waals surface area contributed by atoms with Crippen molar-refractivity contribution in [1.82, 2.24) is 9.97 Å². The van der Waals surface area contributed by atoms with Crippen molar-refractivity contribution in [2.24, 2.45) is 0 Å². The summed E-state index contributed by atoms with van der Waals surface area (Å²) in [6.07, 6.45) is 1.35. The van der Waals surface area contributed by atoms with Gasteiger partial charge in [-0.05, 0) is 29.8 Å². The van der Waals surface area contributed by atoms with E-state index in [-0.39, 0.29) is 18.1 Å². The van der Waals surface area contributed by atoms with Gasteiger partial charge in [-0.25, -0.2) is 9.97 Å². The molecule has 11 heteroatoms. The molecule has 184 valence electrons. The Hall–Kier alpha value is -4.28. The lowest BCUT2D eigenvalue weighted by molar-refractivity contribution is -0.383. The van der Waals surface area contributed by atoms with Crippen molar-refractivity contribution in [3.05, 3.63) is 64.5 Å². The first-order valence-corrected chi connectivity index (χ1v) is 11.1. The van der Waals surface area contributed by atoms with Crippen LogP contribution in [0.5, 0.6) is 17.2 Å². The molecule has 1 aliphatic heterocycles. The summed E-state index contributed by atoms with van der Waals surface area (Å²) in [7, 11) is 4.60. The standard InChI is InChI=1S/C24H28N6O5/c1-33-19-13-17(14-20(34-2)22(19)35-3)15-25-23-21(30(31)32)24(27-16-26-23)29-11-9-28(10-12-29)18-7-5-4-6-8-18/h4-8,13-14,16H,9-12,15H2,1-3H3,(H,25,26,27). The highest BCUT2D eigenvalue weighted by molar-refractivity contribution is 5.71. The van der Waals surface area contributed by atoms with Gasteiger partial charge in [0.1, 0.15) is 6.33 Å². The van der Waals surface area contributed by atoms with Crippen molar-refractivity contribution in [3.63, 3.8) is 0 Å². The summed E-state index contributed by atoms with van der Waals surface area (Å²) in [5, 5.41) is 15.1. The summed E-state index contributed by atoms with van der Waals surface area (Å²) < 4.78 is 16.1. The highest BCUT2D eigenvalue weighted by atomic mass is 16.6. The molecule has 0 aliphatic carbocycles. The van der Waals surface area contributed by atoms with E-state index in [9.17, 15) is 10.1 Å². The highest BCUT2D eigenvalue weighted by Crippen LogP contribution is 2.39. The first-order chi connectivity index (χ1) is 17.0. The van der Waals surface area contributed by atoms with E-state index in [0.29, 0.717) is 36.2 Å². The number of anilines is 3. The summed E-state index contributed by atoms with van der Waals surface area (Å²) in [5.74, 6) is 1.93. The van der Waals surface area contributed by atoms with Gasteiger partial charge in [0, 0.05) is 38.4 Å². The summed E-state index contributed by atoms with van der Waals surface area (Å²) in [6, 6.07) is 13.7. The number of nitrogens with one attached hydrogen (secondary N) is 1. The van der Waals surface area contributed by atoms with Gasteiger partial charge in [-0.1, -0.05) is 18.2 Å². The maximum Gasteiger partial charge on any atom is 0.353 e. The number of para-hydroxylation sites is 1. The third-order valence-corrected chi connectivity index (χ3v) is 5.87. The molecule has 0 amide bonds. The summed E-state index contributed by atoms with van der Waals surface area (Å²) in [4.78, 5) is 24.3. The second-order valence-electron chi connectivity index (χ2n) is 7.85. The number of hydrogen-bond donors (Lipinski definition) is 1. The molecule has 1 fully saturated rings. The number of nitrogens with zero attached hydrogens (tertiary/aromatic N) is 5. The minimum Gasteiger partial charge on any atom is -0.493 e. The van der Waals surface area contributed by atoms with Crippen LogP contribution >= 0.6 is 0 Å². The Morgan fingerprint density at radius 1 is 0.943 bits per heavy atom. The van der Waals surface area contributed by atoms with E-state index in [2.05, 4.69) is 32.3 Å². The van der Waals surface area contributed by atoms with Crippen LogP contribution in [-0.2, 0) is 6.54 Å². The smallest absolute Gasteiger partial charge is 0.353 e. The van der Waals surface area contributed by atoms with Crippen LogP contribution in [0.15, 0.2) is 48.8 Å². The Bertz CT molecular complexity index is 1140. The molecule has 3 aromatic rings. The number of nitro groups is 1. The first-order valence-electron chi connectivity index (χ1n) is 11.1. The lowest BCUT2D eigenvalue weighted by atomic mass is 10.1. The average Bonchev–Trinajstić information content (AvgIpc) is 2.91. The zero-order valence-corrected chi connectivity index (χ0v) is 19.9. The SMILES string of the molecule is COc1cc(CNc2ncnc(N3CCN(c4ccccc4)CC3)c2[N+](=O)[O-])cc(OC)c1OC. The second kappa shape index (κ2) is 10.8. The molecular weight excluding hydrogens is 452 g/mol. The molecule has 2 heterocycles. The lowest BCUT2D eigenvalue weighted by Crippen LogP contribution is -2.47. The third-order valence-electron chi connectivity index (χ3n) is 5.87. The molecule has 0 saturated carbocycles. The maximum atomic E-state index is 12.1. The molecule has 1 saturated heterocycles. The molecule has 1 aromatic heterocycles. The van der Waals surface area contributed by atoms with Crippen LogP contribution in [0.3, 0.4) is 0 Å². The Labute approximate surface area is 203 Å². The Kier molecular flexibility index (Phi) is 7.34. The molecule has 11 nitrogen and oxygen atoms in total. The fourth-order valence-electron chi connectivity index (χ4n) is 4.14. The number of benzene rings is 2. The zero-order valence-electron chi connectivity index (χ0n) is 19.9. The molecule has 2 aromatic carbocycles. The second-order valence-corrected chi connectivity index (χ2v) is 7.85. The van der Waals surface area contributed by atoms with E-state index >= 15 is 0 Å². The predicted molar refractivity (Wildman–Crippen MR) is 133 cm³/mol. The van der Waals surface area contributed by atoms with Crippen molar-refractivity contribution in [1.29, 1.82) is 0 Å². The van der Waals surface area contributed by atoms with Gasteiger partial charge >= 0.3 is 5.69 Å². The van der Waals surface area contributed by atoms with Gasteiger partial charge in [-0.2, -0.15) is 0 Å². The van der Waals surface area contributed by atoms with Gasteiger partial charge in [-0.3, -0.25) is 10.1 Å². The van der Waals surface area contributed by atoms with Crippen LogP contribution in [0.4, 0.5) is 23.0 Å². The number of methoxy groups -OCH3 is 3. The molecule has 1 aliphatic rings. The molecule has 35 heavy (non-hydrogen) atoms. The predicted octanol–water partition coefficient (Wildman–Crippen LogP) is 3.35. The van der Waals surface area contributed by atoms with Crippen molar-refractivity contribution in [2.45, 2.75) is 6.54 Å². The molecule has 1 N–H and O–H groups in total. The van der Waals surface area contributed by atoms with Crippen molar-refractivity contribution < 1.29 is 19.1 Å². The molecule has 4 rings (SSSR count). The minimum atomic E-state index is -0.434. The van der Waals surface area contributed by atoms with Crippen molar-refractivity contribution in [3.8, 4) is 17.2 Å². The van der Waals surface area contributed by atoms with Crippen molar-refractivity contribution >= 4 is 23.0 Å². The van der Waals surface area contributed by atoms with E-state index in [4.69, 9.17) is 14.2 Å². The quantitative estimate of drug-likeness (QED) is 0.361. The van der Waals surface area contributed by atoms with Crippen molar-refractivity contribution in [2.75, 3.05) is 62.6 Å². The van der Waals surface area contributed by atoms with E-state index in [1.807, 2.05) is 23.1 Å². The molecule has 0 unspecified atom stereocenters. The number of hydrogen-bond acceptors (Lipinski definition) is 10. The fraction of sp³-hybridized carbons (Fsp3) is 0.333. The monoisotopic (exact) mass is 480 g/mol. The molecule has 0 spiro atoms. The maximum absolute atomic E-state index is 12.1. The lowest BCUT2D eigenvalue weighted by Gasteiger charge is -2.36. The van der Waals surface area contributed by atoms with Gasteiger partial charge in [0.05, 0.1) is 26.3 Å². The van der Waals surface area contributed by atoms with E-state index < -0.39 is 4.92 Å². The van der Waals surface area contributed by atoms with Crippen LogP contribution < -0.4 is 29.3 Å². The van der Waals surface area contributed by atoms with Gasteiger partial charge in [0.2, 0.25) is 17.4 Å². The number of ether oxygens (including phenoxy) is 3. The van der Waals surface area contributed by atoms with E-state index in [1.165, 1.54) is 27.7 Å². The van der Waals surface area contributed by atoms with Crippen LogP contribution in [0.2, 0.25) is 0 Å². The summed E-state index contributed by atoms with van der Waals surface area (Å²) in [5.41, 5.74) is 1.77. The zero-order chi connectivity index (χ0) is 24.8. The van der Waals surface area contributed by atoms with Gasteiger partial charge < -0.3 is 29.3 Å². The molecule has 0 bridgehead atoms. The fourth-order valence-corrected chi connectivity index (χ4v) is 4.14. The first kappa shape index (κ1) is 23.9. The topological polar surface area (TPSA) is 115 Å². The number of piperazine rings is 1. The van der Waals surface area contributed by atoms with Crippen LogP contribution in [0, 0.1) is 10.1 Å². The molecule has 0 radical (unpaired) electrons. The number of rotatable bonds is 9. The number of aromatic nitrogens is 2. The Morgan fingerprint density at radius 3 is 2.14 bits per heavy atom. The summed E-state index contributed by atoms with van der Waals surface area (Å²) >= 11 is 0. The Morgan fingerprint density at radius 2 is 1.57 bits per heavy atom. The normalized spacial score (nSPS) is 13.3. The third kappa shape index (κ3) is 5.13. The average molecular weight is 481 g/mol. The van der Waals surface area contributed by atoms with Crippen LogP contribution in [-0.4, -0.2) is 62.4 Å². The van der Waals surface area contributed by atoms with E-state index in [1.54, 1.807) is 12.1 Å². The minimum absolute atomic E-state index is 0.145.